The summed E-state index contributed by atoms with van der Waals surface area (Å²) in [5, 5.41) is 11.0. The van der Waals surface area contributed by atoms with Gasteiger partial charge in [-0.25, -0.2) is 13.4 Å². The van der Waals surface area contributed by atoms with Crippen molar-refractivity contribution < 1.29 is 8.42 Å². The number of thiazole rings is 1. The van der Waals surface area contributed by atoms with Crippen molar-refractivity contribution in [1.29, 1.82) is 5.26 Å². The molecule has 0 fully saturated rings. The van der Waals surface area contributed by atoms with Crippen LogP contribution >= 0.6 is 11.3 Å². The number of imidazole rings is 1. The Kier molecular flexibility index (Phi) is 3.56. The highest BCUT2D eigenvalue weighted by Crippen LogP contribution is 2.28. The molecular weight excluding hydrogens is 318 g/mol. The van der Waals surface area contributed by atoms with Crippen LogP contribution in [0.1, 0.15) is 5.69 Å². The predicted molar refractivity (Wildman–Crippen MR) is 86.9 cm³/mol. The number of nitriles is 1. The Labute approximate surface area is 131 Å². The maximum absolute atomic E-state index is 11.7. The van der Waals surface area contributed by atoms with E-state index in [0.29, 0.717) is 11.4 Å². The van der Waals surface area contributed by atoms with Gasteiger partial charge >= 0.3 is 0 Å². The molecule has 5 nitrogen and oxygen atoms in total. The quantitative estimate of drug-likeness (QED) is 0.692. The van der Waals surface area contributed by atoms with Gasteiger partial charge in [-0.1, -0.05) is 30.3 Å². The number of benzene rings is 1. The largest absolute Gasteiger partial charge is 0.290 e. The fourth-order valence-corrected chi connectivity index (χ4v) is 3.31. The highest BCUT2D eigenvalue weighted by atomic mass is 32.2. The molecule has 0 N–H and O–H groups in total. The van der Waals surface area contributed by atoms with Crippen molar-refractivity contribution in [2.24, 2.45) is 0 Å². The molecule has 0 saturated heterocycles. The van der Waals surface area contributed by atoms with Crippen molar-refractivity contribution in [1.82, 2.24) is 9.38 Å². The number of rotatable bonds is 3. The van der Waals surface area contributed by atoms with Gasteiger partial charge in [-0.2, -0.15) is 5.26 Å². The third kappa shape index (κ3) is 2.54. The smallest absolute Gasteiger partial charge is 0.194 e. The molecule has 0 saturated carbocycles. The zero-order valence-electron chi connectivity index (χ0n) is 11.6. The van der Waals surface area contributed by atoms with Crippen LogP contribution in [0.4, 0.5) is 0 Å². The molecular formula is C15H11N3O2S2. The molecule has 1 aromatic carbocycles. The number of aromatic nitrogens is 2. The van der Waals surface area contributed by atoms with Crippen molar-refractivity contribution in [3.05, 3.63) is 52.5 Å². The van der Waals surface area contributed by atoms with Crippen LogP contribution in [0, 0.1) is 11.3 Å². The summed E-state index contributed by atoms with van der Waals surface area (Å²) >= 11 is 1.45. The van der Waals surface area contributed by atoms with Crippen molar-refractivity contribution in [2.75, 3.05) is 6.26 Å². The van der Waals surface area contributed by atoms with E-state index in [-0.39, 0.29) is 4.91 Å². The zero-order chi connectivity index (χ0) is 15.7. The van der Waals surface area contributed by atoms with Gasteiger partial charge in [0.2, 0.25) is 0 Å². The lowest BCUT2D eigenvalue weighted by molar-refractivity contribution is 0.609. The van der Waals surface area contributed by atoms with Crippen LogP contribution in [0.2, 0.25) is 0 Å². The highest BCUT2D eigenvalue weighted by molar-refractivity contribution is 7.95. The molecule has 0 radical (unpaired) electrons. The average molecular weight is 329 g/mol. The van der Waals surface area contributed by atoms with Gasteiger partial charge in [0.25, 0.3) is 0 Å². The van der Waals surface area contributed by atoms with Crippen LogP contribution in [0.3, 0.4) is 0 Å². The number of allylic oxidation sites excluding steroid dienone is 1. The van der Waals surface area contributed by atoms with E-state index in [9.17, 15) is 8.42 Å². The minimum atomic E-state index is -3.58. The van der Waals surface area contributed by atoms with Gasteiger partial charge in [0.05, 0.1) is 11.4 Å². The topological polar surface area (TPSA) is 75.2 Å². The van der Waals surface area contributed by atoms with Gasteiger partial charge in [0.1, 0.15) is 11.0 Å². The lowest BCUT2D eigenvalue weighted by Gasteiger charge is -2.01. The van der Waals surface area contributed by atoms with Crippen molar-refractivity contribution in [2.45, 2.75) is 0 Å². The fraction of sp³-hybridized carbons (Fsp3) is 0.0667. The number of fused-ring (bicyclic) bond motifs is 1. The van der Waals surface area contributed by atoms with Crippen LogP contribution in [0.5, 0.6) is 0 Å². The van der Waals surface area contributed by atoms with E-state index in [1.54, 1.807) is 10.5 Å². The summed E-state index contributed by atoms with van der Waals surface area (Å²) in [4.78, 5) is 5.01. The van der Waals surface area contributed by atoms with Crippen molar-refractivity contribution >= 4 is 32.2 Å². The molecule has 0 atom stereocenters. The van der Waals surface area contributed by atoms with Crippen LogP contribution in [-0.2, 0) is 9.84 Å². The van der Waals surface area contributed by atoms with Crippen LogP contribution in [0.15, 0.2) is 46.8 Å². The van der Waals surface area contributed by atoms with E-state index in [4.69, 9.17) is 5.26 Å². The molecule has 0 aliphatic heterocycles. The van der Waals surface area contributed by atoms with Crippen LogP contribution in [-0.4, -0.2) is 24.1 Å². The number of sulfone groups is 1. The van der Waals surface area contributed by atoms with Crippen LogP contribution in [0.25, 0.3) is 22.3 Å². The molecule has 2 heterocycles. The predicted octanol–water partition coefficient (Wildman–Crippen LogP) is 2.97. The third-order valence-corrected chi connectivity index (χ3v) is 4.89. The molecule has 0 aliphatic rings. The van der Waals surface area contributed by atoms with E-state index in [2.05, 4.69) is 4.98 Å². The number of hydrogen-bond donors (Lipinski definition) is 0. The molecule has 110 valence electrons. The molecule has 7 heteroatoms. The minimum Gasteiger partial charge on any atom is -0.290 e. The molecule has 2 aromatic heterocycles. The fourth-order valence-electron chi connectivity index (χ4n) is 2.10. The Bertz CT molecular complexity index is 1010. The summed E-state index contributed by atoms with van der Waals surface area (Å²) in [6, 6.07) is 11.2. The molecule has 0 bridgehead atoms. The van der Waals surface area contributed by atoms with Gasteiger partial charge in [-0.05, 0) is 6.08 Å². The Balaban J connectivity index is 2.31. The van der Waals surface area contributed by atoms with E-state index in [0.717, 1.165) is 16.8 Å². The highest BCUT2D eigenvalue weighted by Gasteiger charge is 2.17. The second-order valence-electron chi connectivity index (χ2n) is 4.66. The lowest BCUT2D eigenvalue weighted by atomic mass is 10.1. The first-order valence-electron chi connectivity index (χ1n) is 6.33. The van der Waals surface area contributed by atoms with Crippen LogP contribution < -0.4 is 0 Å². The Morgan fingerprint density at radius 2 is 2.09 bits per heavy atom. The first-order valence-corrected chi connectivity index (χ1v) is 9.10. The van der Waals surface area contributed by atoms with Crippen molar-refractivity contribution in [3.63, 3.8) is 0 Å². The normalized spacial score (nSPS) is 12.5. The Hall–Kier alpha value is -2.43. The number of nitrogens with zero attached hydrogens (tertiary/aromatic N) is 3. The molecule has 0 unspecified atom stereocenters. The lowest BCUT2D eigenvalue weighted by Crippen LogP contribution is -1.99. The van der Waals surface area contributed by atoms with Gasteiger partial charge in [0.15, 0.2) is 14.8 Å². The monoisotopic (exact) mass is 329 g/mol. The third-order valence-electron chi connectivity index (χ3n) is 3.12. The summed E-state index contributed by atoms with van der Waals surface area (Å²) in [6.07, 6.45) is 4.21. The molecule has 0 aliphatic carbocycles. The minimum absolute atomic E-state index is 0.280. The van der Waals surface area contributed by atoms with E-state index in [1.807, 2.05) is 41.9 Å². The molecule has 0 spiro atoms. The second-order valence-corrected chi connectivity index (χ2v) is 7.52. The maximum atomic E-state index is 11.7. The van der Waals surface area contributed by atoms with Gasteiger partial charge < -0.3 is 0 Å². The summed E-state index contributed by atoms with van der Waals surface area (Å²) < 4.78 is 25.2. The Morgan fingerprint density at radius 3 is 2.73 bits per heavy atom. The van der Waals surface area contributed by atoms with Gasteiger partial charge in [0, 0.05) is 23.4 Å². The standard InChI is InChI=1S/C15H11N3O2S2/c1-22(19,20)12(10-16)9-13-14(11-5-3-2-4-6-11)17-15-18(13)7-8-21-15/h2-9H,1H3/b12-9-. The average Bonchev–Trinajstić information content (AvgIpc) is 3.05. The van der Waals surface area contributed by atoms with E-state index in [1.165, 1.54) is 17.4 Å². The maximum Gasteiger partial charge on any atom is 0.194 e. The summed E-state index contributed by atoms with van der Waals surface area (Å²) in [6.45, 7) is 0. The first-order chi connectivity index (χ1) is 10.5. The molecule has 3 rings (SSSR count). The number of hydrogen-bond acceptors (Lipinski definition) is 5. The molecule has 0 amide bonds. The van der Waals surface area contributed by atoms with E-state index >= 15 is 0 Å². The summed E-state index contributed by atoms with van der Waals surface area (Å²) in [7, 11) is -3.58. The SMILES string of the molecule is CS(=O)(=O)/C(C#N)=C\c1c(-c2ccccc2)nc2sccn12. The second kappa shape index (κ2) is 5.40. The molecule has 22 heavy (non-hydrogen) atoms. The zero-order valence-corrected chi connectivity index (χ0v) is 13.2. The summed E-state index contributed by atoms with van der Waals surface area (Å²) in [5.41, 5.74) is 2.11. The van der Waals surface area contributed by atoms with E-state index < -0.39 is 9.84 Å². The first kappa shape index (κ1) is 14.5. The van der Waals surface area contributed by atoms with Crippen molar-refractivity contribution in [3.8, 4) is 17.3 Å². The molecule has 3 aromatic rings. The summed E-state index contributed by atoms with van der Waals surface area (Å²) in [5.74, 6) is 0. The van der Waals surface area contributed by atoms with Gasteiger partial charge in [-0.15, -0.1) is 11.3 Å². The van der Waals surface area contributed by atoms with Gasteiger partial charge in [-0.3, -0.25) is 4.40 Å². The Morgan fingerprint density at radius 1 is 1.36 bits per heavy atom.